The Morgan fingerprint density at radius 2 is 2.13 bits per heavy atom. The van der Waals surface area contributed by atoms with E-state index >= 15 is 0 Å². The zero-order valence-electron chi connectivity index (χ0n) is 12.8. The molecule has 0 radical (unpaired) electrons. The molecule has 1 aromatic rings. The minimum Gasteiger partial charge on any atom is -0.479 e. The summed E-state index contributed by atoms with van der Waals surface area (Å²) < 4.78 is 5.47. The van der Waals surface area contributed by atoms with Crippen LogP contribution in [0.4, 0.5) is 0 Å². The summed E-state index contributed by atoms with van der Waals surface area (Å²) in [5.41, 5.74) is -1.20. The third kappa shape index (κ3) is 4.37. The predicted octanol–water partition coefficient (Wildman–Crippen LogP) is 3.37. The van der Waals surface area contributed by atoms with Crippen molar-refractivity contribution < 1.29 is 19.4 Å². The molecule has 2 rings (SSSR count). The first-order valence-corrected chi connectivity index (χ1v) is 8.20. The number of amides is 1. The summed E-state index contributed by atoms with van der Waals surface area (Å²) in [4.78, 5) is 23.9. The Labute approximate surface area is 144 Å². The first kappa shape index (κ1) is 18.0. The highest BCUT2D eigenvalue weighted by atomic mass is 35.5. The molecule has 1 heterocycles. The van der Waals surface area contributed by atoms with Crippen molar-refractivity contribution in [2.24, 2.45) is 0 Å². The largest absolute Gasteiger partial charge is 0.479 e. The molecule has 0 saturated carbocycles. The van der Waals surface area contributed by atoms with Crippen LogP contribution >= 0.6 is 23.2 Å². The number of carbonyl (C=O) groups excluding carboxylic acids is 1. The molecular formula is C16H19Cl2NO4. The number of hydrogen-bond acceptors (Lipinski definition) is 3. The molecule has 0 bridgehead atoms. The number of carboxylic acid groups (broad SMARTS) is 1. The zero-order chi connectivity index (χ0) is 17.0. The molecule has 2 atom stereocenters. The highest BCUT2D eigenvalue weighted by Gasteiger charge is 2.37. The van der Waals surface area contributed by atoms with Crippen molar-refractivity contribution in [1.29, 1.82) is 0 Å². The van der Waals surface area contributed by atoms with E-state index in [9.17, 15) is 14.7 Å². The van der Waals surface area contributed by atoms with E-state index in [1.54, 1.807) is 6.07 Å². The van der Waals surface area contributed by atoms with Gasteiger partial charge in [0, 0.05) is 13.0 Å². The number of hydrogen-bond donors (Lipinski definition) is 2. The average Bonchev–Trinajstić information content (AvgIpc) is 3.01. The van der Waals surface area contributed by atoms with Crippen LogP contribution < -0.4 is 5.32 Å². The summed E-state index contributed by atoms with van der Waals surface area (Å²) >= 11 is 11.8. The Hall–Kier alpha value is -1.30. The lowest BCUT2D eigenvalue weighted by Crippen LogP contribution is -2.49. The second-order valence-corrected chi connectivity index (χ2v) is 6.60. The topological polar surface area (TPSA) is 75.6 Å². The summed E-state index contributed by atoms with van der Waals surface area (Å²) in [6.07, 6.45) is 2.83. The molecule has 0 aromatic heterocycles. The quantitative estimate of drug-likeness (QED) is 0.816. The second kappa shape index (κ2) is 7.51. The van der Waals surface area contributed by atoms with Crippen LogP contribution in [0.25, 0.3) is 0 Å². The summed E-state index contributed by atoms with van der Waals surface area (Å²) in [5.74, 6) is -1.50. The van der Waals surface area contributed by atoms with Gasteiger partial charge in [0.05, 0.1) is 16.1 Å². The van der Waals surface area contributed by atoms with Crippen LogP contribution in [0.3, 0.4) is 0 Å². The van der Waals surface area contributed by atoms with Gasteiger partial charge < -0.3 is 15.2 Å². The molecule has 5 nitrogen and oxygen atoms in total. The van der Waals surface area contributed by atoms with E-state index in [1.165, 1.54) is 19.1 Å². The molecule has 0 spiro atoms. The molecule has 0 aliphatic carbocycles. The third-order valence-corrected chi connectivity index (χ3v) is 4.77. The van der Waals surface area contributed by atoms with Gasteiger partial charge >= 0.3 is 5.97 Å². The van der Waals surface area contributed by atoms with Crippen LogP contribution in [-0.4, -0.2) is 29.7 Å². The molecule has 1 amide bonds. The van der Waals surface area contributed by atoms with Crippen LogP contribution in [0.1, 0.15) is 38.2 Å². The normalized spacial score (nSPS) is 20.0. The van der Waals surface area contributed by atoms with E-state index in [0.29, 0.717) is 17.0 Å². The third-order valence-electron chi connectivity index (χ3n) is 4.03. The van der Waals surface area contributed by atoms with Crippen molar-refractivity contribution in [3.05, 3.63) is 33.8 Å². The van der Waals surface area contributed by atoms with Crippen molar-refractivity contribution in [2.45, 2.75) is 44.2 Å². The molecular weight excluding hydrogens is 341 g/mol. The molecule has 2 unspecified atom stereocenters. The number of carboxylic acids is 1. The number of halogens is 2. The minimum absolute atomic E-state index is 0.0850. The molecule has 2 N–H and O–H groups in total. The van der Waals surface area contributed by atoms with Gasteiger partial charge in [-0.1, -0.05) is 29.3 Å². The second-order valence-electron chi connectivity index (χ2n) is 5.78. The Morgan fingerprint density at radius 3 is 2.70 bits per heavy atom. The van der Waals surface area contributed by atoms with Gasteiger partial charge in [-0.05, 0) is 43.9 Å². The summed E-state index contributed by atoms with van der Waals surface area (Å²) in [6, 6.07) is 4.51. The van der Waals surface area contributed by atoms with Crippen LogP contribution in [-0.2, 0) is 19.9 Å². The maximum Gasteiger partial charge on any atom is 0.333 e. The number of carbonyl (C=O) groups is 2. The van der Waals surface area contributed by atoms with Gasteiger partial charge in [-0.25, -0.2) is 4.79 Å². The maximum absolute atomic E-state index is 12.2. The van der Waals surface area contributed by atoms with Gasteiger partial charge in [0.25, 0.3) is 0 Å². The lowest BCUT2D eigenvalue weighted by atomic mass is 9.91. The minimum atomic E-state index is -1.57. The van der Waals surface area contributed by atoms with Gasteiger partial charge in [0.15, 0.2) is 5.54 Å². The van der Waals surface area contributed by atoms with Gasteiger partial charge in [0.2, 0.25) is 5.91 Å². The average molecular weight is 360 g/mol. The van der Waals surface area contributed by atoms with E-state index in [4.69, 9.17) is 27.9 Å². The molecule has 1 aromatic carbocycles. The molecule has 1 aliphatic heterocycles. The van der Waals surface area contributed by atoms with Crippen LogP contribution in [0.5, 0.6) is 0 Å². The zero-order valence-corrected chi connectivity index (χ0v) is 14.3. The van der Waals surface area contributed by atoms with Crippen molar-refractivity contribution in [1.82, 2.24) is 5.32 Å². The number of aliphatic carboxylic acids is 1. The first-order chi connectivity index (χ1) is 10.8. The Balaban J connectivity index is 2.08. The highest BCUT2D eigenvalue weighted by Crippen LogP contribution is 2.29. The van der Waals surface area contributed by atoms with E-state index in [1.807, 2.05) is 0 Å². The number of benzene rings is 1. The van der Waals surface area contributed by atoms with Gasteiger partial charge in [-0.2, -0.15) is 0 Å². The van der Waals surface area contributed by atoms with Gasteiger partial charge in [0.1, 0.15) is 0 Å². The molecule has 1 saturated heterocycles. The fraction of sp³-hybridized carbons (Fsp3) is 0.500. The van der Waals surface area contributed by atoms with Crippen molar-refractivity contribution in [2.75, 3.05) is 6.61 Å². The molecule has 126 valence electrons. The van der Waals surface area contributed by atoms with Gasteiger partial charge in [-0.15, -0.1) is 0 Å². The molecule has 7 heteroatoms. The lowest BCUT2D eigenvalue weighted by molar-refractivity contribution is -0.147. The molecule has 1 fully saturated rings. The lowest BCUT2D eigenvalue weighted by Gasteiger charge is -2.27. The van der Waals surface area contributed by atoms with E-state index in [2.05, 4.69) is 5.32 Å². The van der Waals surface area contributed by atoms with Crippen molar-refractivity contribution >= 4 is 35.1 Å². The van der Waals surface area contributed by atoms with Gasteiger partial charge in [-0.3, -0.25) is 4.79 Å². The maximum atomic E-state index is 12.2. The van der Waals surface area contributed by atoms with Crippen molar-refractivity contribution in [3.8, 4) is 0 Å². The number of ether oxygens (including phenoxy) is 1. The predicted molar refractivity (Wildman–Crippen MR) is 87.8 cm³/mol. The Morgan fingerprint density at radius 1 is 1.39 bits per heavy atom. The fourth-order valence-electron chi connectivity index (χ4n) is 2.56. The number of rotatable bonds is 6. The van der Waals surface area contributed by atoms with Crippen LogP contribution in [0.2, 0.25) is 10.0 Å². The van der Waals surface area contributed by atoms with Crippen LogP contribution in [0.15, 0.2) is 18.2 Å². The Bertz CT molecular complexity index is 602. The summed E-state index contributed by atoms with van der Waals surface area (Å²) in [7, 11) is 0. The summed E-state index contributed by atoms with van der Waals surface area (Å²) in [6.45, 7) is 2.15. The molecule has 1 aliphatic rings. The highest BCUT2D eigenvalue weighted by molar-refractivity contribution is 6.42. The SMILES string of the molecule is CC(NC(=O)CCC1CCCO1)(C(=O)O)c1ccc(Cl)c(Cl)c1. The van der Waals surface area contributed by atoms with E-state index < -0.39 is 11.5 Å². The van der Waals surface area contributed by atoms with Crippen molar-refractivity contribution in [3.63, 3.8) is 0 Å². The van der Waals surface area contributed by atoms with E-state index in [-0.39, 0.29) is 23.5 Å². The monoisotopic (exact) mass is 359 g/mol. The summed E-state index contributed by atoms with van der Waals surface area (Å²) in [5, 5.41) is 12.7. The van der Waals surface area contributed by atoms with E-state index in [0.717, 1.165) is 19.4 Å². The Kier molecular flexibility index (Phi) is 5.89. The van der Waals surface area contributed by atoms with Crippen LogP contribution in [0, 0.1) is 0 Å². The number of nitrogens with one attached hydrogen (secondary N) is 1. The molecule has 23 heavy (non-hydrogen) atoms. The first-order valence-electron chi connectivity index (χ1n) is 7.44. The fourth-order valence-corrected chi connectivity index (χ4v) is 2.86. The smallest absolute Gasteiger partial charge is 0.333 e. The standard InChI is InChI=1S/C16H19Cl2NO4/c1-16(15(21)22,10-4-6-12(17)13(18)9-10)19-14(20)7-5-11-3-2-8-23-11/h4,6,9,11H,2-3,5,7-8H2,1H3,(H,19,20)(H,21,22).